The smallest absolute Gasteiger partial charge is 0.407 e. The molecule has 11 N–H and O–H groups in total. The Kier molecular flexibility index (Phi) is 15.0. The number of benzene rings is 3. The van der Waals surface area contributed by atoms with E-state index in [-0.39, 0.29) is 25.0 Å². The number of alkyl carbamates (subject to hydrolysis) is 1. The third-order valence-corrected chi connectivity index (χ3v) is 7.02. The van der Waals surface area contributed by atoms with E-state index >= 15 is 0 Å². The molecule has 13 heteroatoms. The van der Waals surface area contributed by atoms with E-state index in [1.54, 1.807) is 38.1 Å². The minimum absolute atomic E-state index is 0.0412. The van der Waals surface area contributed by atoms with Gasteiger partial charge in [0.15, 0.2) is 0 Å². The van der Waals surface area contributed by atoms with Gasteiger partial charge in [0, 0.05) is 18.2 Å². The number of hydrogen-bond acceptors (Lipinski definition) is 8. The third kappa shape index (κ3) is 11.7. The molecule has 0 fully saturated rings. The summed E-state index contributed by atoms with van der Waals surface area (Å²) in [6.45, 7) is 4.09. The molecule has 0 saturated heterocycles. The number of nitrogens with one attached hydrogen (secondary N) is 2. The Bertz CT molecular complexity index is 1400. The van der Waals surface area contributed by atoms with Crippen LogP contribution in [0.25, 0.3) is 11.1 Å². The summed E-state index contributed by atoms with van der Waals surface area (Å²) in [7, 11) is 0. The third-order valence-electron chi connectivity index (χ3n) is 7.02. The normalized spacial score (nSPS) is 12.5. The standard InChI is InChI=1S/C20H21NO4.C7H9NO.C6H13N3O3/c1-12(2)18(19(22)23)21-20(24)25-11-17-15-9-5-3-7-13(15)14-8-4-6-10-16(14)17;8-7-3-1-6(5-9)2-4-7;7-4(5(10)11)2-1-3-9-6(8)12/h3-10,12,17-18H,11H2,1-2H3,(H,21,24)(H,22,23);1-4,9H,5,8H2;4H,1-3,7H2,(H,10,11)(H3,8,9,12). The maximum absolute atomic E-state index is 12.0. The molecule has 0 saturated carbocycles. The minimum atomic E-state index is -1.07. The summed E-state index contributed by atoms with van der Waals surface area (Å²) in [6.07, 6.45) is 0.134. The number of aliphatic hydroxyl groups excluding tert-OH is 1. The van der Waals surface area contributed by atoms with Gasteiger partial charge in [0.2, 0.25) is 0 Å². The molecule has 3 aromatic rings. The van der Waals surface area contributed by atoms with Gasteiger partial charge in [-0.15, -0.1) is 0 Å². The number of aliphatic carboxylic acids is 2. The van der Waals surface area contributed by atoms with E-state index in [2.05, 4.69) is 22.8 Å². The molecule has 2 atom stereocenters. The fraction of sp³-hybridized carbons (Fsp3) is 0.333. The molecular weight excluding hydrogens is 594 g/mol. The van der Waals surface area contributed by atoms with Crippen LogP contribution in [-0.4, -0.2) is 64.6 Å². The van der Waals surface area contributed by atoms with Gasteiger partial charge in [0.25, 0.3) is 0 Å². The van der Waals surface area contributed by atoms with Gasteiger partial charge in [-0.3, -0.25) is 4.79 Å². The monoisotopic (exact) mass is 637 g/mol. The van der Waals surface area contributed by atoms with Crippen molar-refractivity contribution in [2.45, 2.75) is 51.3 Å². The number of carboxylic acids is 2. The average Bonchev–Trinajstić information content (AvgIpc) is 3.35. The topological polar surface area (TPSA) is 240 Å². The van der Waals surface area contributed by atoms with Gasteiger partial charge in [-0.25, -0.2) is 14.4 Å². The van der Waals surface area contributed by atoms with Crippen molar-refractivity contribution in [2.24, 2.45) is 17.4 Å². The van der Waals surface area contributed by atoms with E-state index in [0.717, 1.165) is 33.5 Å². The van der Waals surface area contributed by atoms with Crippen LogP contribution in [-0.2, 0) is 20.9 Å². The molecule has 0 heterocycles. The first-order valence-corrected chi connectivity index (χ1v) is 14.7. The largest absolute Gasteiger partial charge is 0.480 e. The Balaban J connectivity index is 0.000000290. The fourth-order valence-corrected chi connectivity index (χ4v) is 4.56. The number of nitrogens with two attached hydrogens (primary N) is 3. The lowest BCUT2D eigenvalue weighted by Gasteiger charge is -2.19. The first kappa shape index (κ1) is 37.0. The van der Waals surface area contributed by atoms with Crippen molar-refractivity contribution in [1.82, 2.24) is 10.6 Å². The van der Waals surface area contributed by atoms with Gasteiger partial charge in [0.05, 0.1) is 6.61 Å². The van der Waals surface area contributed by atoms with Crippen molar-refractivity contribution >= 4 is 29.8 Å². The number of fused-ring (bicyclic) bond motifs is 3. The molecule has 0 aliphatic heterocycles. The number of primary amides is 1. The Morgan fingerprint density at radius 3 is 1.87 bits per heavy atom. The molecule has 1 aliphatic carbocycles. The fourth-order valence-electron chi connectivity index (χ4n) is 4.56. The number of aliphatic hydroxyl groups is 1. The molecule has 3 amide bonds. The molecule has 0 spiro atoms. The minimum Gasteiger partial charge on any atom is -0.480 e. The van der Waals surface area contributed by atoms with Gasteiger partial charge in [-0.2, -0.15) is 0 Å². The summed E-state index contributed by atoms with van der Waals surface area (Å²) in [4.78, 5) is 43.6. The number of ether oxygens (including phenoxy) is 1. The van der Waals surface area contributed by atoms with Crippen molar-refractivity contribution in [3.05, 3.63) is 89.5 Å². The second kappa shape index (κ2) is 18.6. The van der Waals surface area contributed by atoms with Gasteiger partial charge in [-0.05, 0) is 58.7 Å². The number of nitrogen functional groups attached to an aromatic ring is 1. The number of anilines is 1. The van der Waals surface area contributed by atoms with E-state index in [0.29, 0.717) is 19.4 Å². The van der Waals surface area contributed by atoms with E-state index in [1.165, 1.54) is 0 Å². The highest BCUT2D eigenvalue weighted by molar-refractivity contribution is 5.81. The zero-order chi connectivity index (χ0) is 34.2. The maximum Gasteiger partial charge on any atom is 0.407 e. The highest BCUT2D eigenvalue weighted by Gasteiger charge is 2.30. The van der Waals surface area contributed by atoms with Crippen LogP contribution in [0.4, 0.5) is 15.3 Å². The molecule has 0 aromatic heterocycles. The summed E-state index contributed by atoms with van der Waals surface area (Å²) < 4.78 is 5.36. The molecule has 0 radical (unpaired) electrons. The van der Waals surface area contributed by atoms with Gasteiger partial charge < -0.3 is 47.9 Å². The Hall–Kier alpha value is -5.14. The van der Waals surface area contributed by atoms with Crippen molar-refractivity contribution in [3.63, 3.8) is 0 Å². The van der Waals surface area contributed by atoms with E-state index in [1.807, 2.05) is 36.4 Å². The summed E-state index contributed by atoms with van der Waals surface area (Å²) in [5.74, 6) is -2.36. The number of amides is 3. The van der Waals surface area contributed by atoms with Crippen LogP contribution in [0.2, 0.25) is 0 Å². The van der Waals surface area contributed by atoms with Gasteiger partial charge in [-0.1, -0.05) is 74.5 Å². The molecule has 0 bridgehead atoms. The number of carbonyl (C=O) groups is 4. The van der Waals surface area contributed by atoms with Crippen LogP contribution < -0.4 is 27.8 Å². The number of carbonyl (C=O) groups excluding carboxylic acids is 2. The van der Waals surface area contributed by atoms with Crippen LogP contribution in [0.15, 0.2) is 72.8 Å². The first-order chi connectivity index (χ1) is 21.8. The van der Waals surface area contributed by atoms with Crippen molar-refractivity contribution in [1.29, 1.82) is 0 Å². The van der Waals surface area contributed by atoms with Crippen molar-refractivity contribution < 1.29 is 39.2 Å². The molecule has 248 valence electrons. The molecule has 2 unspecified atom stereocenters. The van der Waals surface area contributed by atoms with Crippen LogP contribution in [0, 0.1) is 5.92 Å². The van der Waals surface area contributed by atoms with Crippen LogP contribution >= 0.6 is 0 Å². The lowest BCUT2D eigenvalue weighted by Crippen LogP contribution is -2.44. The van der Waals surface area contributed by atoms with Crippen molar-refractivity contribution in [2.75, 3.05) is 18.9 Å². The molecule has 4 rings (SSSR count). The van der Waals surface area contributed by atoms with Crippen LogP contribution in [0.3, 0.4) is 0 Å². The summed E-state index contributed by atoms with van der Waals surface area (Å²) in [6, 6.07) is 20.8. The second-order valence-corrected chi connectivity index (χ2v) is 10.8. The number of urea groups is 1. The Morgan fingerprint density at radius 1 is 0.870 bits per heavy atom. The predicted molar refractivity (Wildman–Crippen MR) is 174 cm³/mol. The molecular formula is C33H43N5O8. The Morgan fingerprint density at radius 2 is 1.41 bits per heavy atom. The summed E-state index contributed by atoms with van der Waals surface area (Å²) in [5, 5.41) is 30.9. The number of carboxylic acid groups (broad SMARTS) is 2. The zero-order valence-electron chi connectivity index (χ0n) is 25.9. The average molecular weight is 638 g/mol. The SMILES string of the molecule is CC(C)C(NC(=O)OCC1c2ccccc2-c2ccccc21)C(=O)O.NC(=O)NCCCC(N)C(=O)O.Nc1ccc(CO)cc1. The van der Waals surface area contributed by atoms with Crippen molar-refractivity contribution in [3.8, 4) is 11.1 Å². The molecule has 46 heavy (non-hydrogen) atoms. The zero-order valence-corrected chi connectivity index (χ0v) is 25.9. The molecule has 13 nitrogen and oxygen atoms in total. The first-order valence-electron chi connectivity index (χ1n) is 14.7. The second-order valence-electron chi connectivity index (χ2n) is 10.8. The van der Waals surface area contributed by atoms with E-state index < -0.39 is 36.1 Å². The number of hydrogen-bond donors (Lipinski definition) is 8. The van der Waals surface area contributed by atoms with Crippen LogP contribution in [0.5, 0.6) is 0 Å². The lowest BCUT2D eigenvalue weighted by molar-refractivity contribution is -0.140. The maximum atomic E-state index is 12.0. The molecule has 1 aliphatic rings. The van der Waals surface area contributed by atoms with E-state index in [4.69, 9.17) is 37.3 Å². The molecule has 3 aromatic carbocycles. The van der Waals surface area contributed by atoms with Gasteiger partial charge >= 0.3 is 24.1 Å². The van der Waals surface area contributed by atoms with Gasteiger partial charge in [0.1, 0.15) is 18.7 Å². The lowest BCUT2D eigenvalue weighted by atomic mass is 9.98. The highest BCUT2D eigenvalue weighted by atomic mass is 16.5. The predicted octanol–water partition coefficient (Wildman–Crippen LogP) is 3.24. The highest BCUT2D eigenvalue weighted by Crippen LogP contribution is 2.44. The Labute approximate surface area is 267 Å². The van der Waals surface area contributed by atoms with Crippen LogP contribution in [0.1, 0.15) is 49.3 Å². The number of rotatable bonds is 11. The quantitative estimate of drug-likeness (QED) is 0.113. The van der Waals surface area contributed by atoms with E-state index in [9.17, 15) is 19.2 Å². The summed E-state index contributed by atoms with van der Waals surface area (Å²) in [5.41, 5.74) is 21.5. The summed E-state index contributed by atoms with van der Waals surface area (Å²) >= 11 is 0.